The molecular formula is C25H22FNO3S. The fraction of sp³-hybridized carbons (Fsp3) is 0.240. The number of ether oxygens (including phenoxy) is 2. The molecule has 0 atom stereocenters. The minimum atomic E-state index is -0.224. The topological polar surface area (TPSA) is 38.8 Å². The third-order valence-corrected chi connectivity index (χ3v) is 6.76. The summed E-state index contributed by atoms with van der Waals surface area (Å²) in [6.45, 7) is 5.92. The van der Waals surface area contributed by atoms with Crippen molar-refractivity contribution in [2.75, 3.05) is 13.3 Å². The van der Waals surface area contributed by atoms with Gasteiger partial charge in [-0.25, -0.2) is 4.39 Å². The number of benzene rings is 2. The average Bonchev–Trinajstić information content (AvgIpc) is 3.31. The van der Waals surface area contributed by atoms with E-state index in [9.17, 15) is 9.18 Å². The van der Waals surface area contributed by atoms with Crippen molar-refractivity contribution in [1.29, 1.82) is 0 Å². The van der Waals surface area contributed by atoms with Crippen molar-refractivity contribution in [3.63, 3.8) is 0 Å². The Kier molecular flexibility index (Phi) is 5.12. The summed E-state index contributed by atoms with van der Waals surface area (Å²) in [5.41, 5.74) is 4.67. The molecule has 31 heavy (non-hydrogen) atoms. The Morgan fingerprint density at radius 2 is 1.97 bits per heavy atom. The van der Waals surface area contributed by atoms with Gasteiger partial charge in [0, 0.05) is 35.2 Å². The number of allylic oxidation sites excluding steroid dienone is 1. The lowest BCUT2D eigenvalue weighted by atomic mass is 10.00. The molecule has 158 valence electrons. The van der Waals surface area contributed by atoms with Crippen LogP contribution in [0.15, 0.2) is 47.5 Å². The molecule has 0 amide bonds. The Balaban J connectivity index is 1.36. The molecular weight excluding hydrogens is 413 g/mol. The molecule has 0 spiro atoms. The SMILES string of the molecule is Cc1ccsc1/C=C1\Oc2c(cc3c(c2C)OCN(CCc2ccc(F)cc2)C3)C1=O. The summed E-state index contributed by atoms with van der Waals surface area (Å²) in [6, 6.07) is 10.5. The van der Waals surface area contributed by atoms with Crippen LogP contribution >= 0.6 is 11.3 Å². The number of aryl methyl sites for hydroxylation is 1. The molecule has 0 saturated heterocycles. The maximum atomic E-state index is 13.1. The lowest BCUT2D eigenvalue weighted by molar-refractivity contribution is 0.0954. The lowest BCUT2D eigenvalue weighted by Gasteiger charge is -2.30. The van der Waals surface area contributed by atoms with Gasteiger partial charge in [-0.05, 0) is 61.0 Å². The summed E-state index contributed by atoms with van der Waals surface area (Å²) in [4.78, 5) is 16.2. The van der Waals surface area contributed by atoms with Crippen LogP contribution in [0, 0.1) is 19.7 Å². The third-order valence-electron chi connectivity index (χ3n) is 5.80. The minimum absolute atomic E-state index is 0.0860. The van der Waals surface area contributed by atoms with Gasteiger partial charge >= 0.3 is 0 Å². The minimum Gasteiger partial charge on any atom is -0.477 e. The number of hydrogen-bond acceptors (Lipinski definition) is 5. The Hall–Kier alpha value is -2.96. The maximum absolute atomic E-state index is 13.1. The van der Waals surface area contributed by atoms with Crippen LogP contribution in [-0.2, 0) is 13.0 Å². The number of Topliss-reactive ketones (excluding diaryl/α,β-unsaturated/α-hetero) is 1. The van der Waals surface area contributed by atoms with Gasteiger partial charge < -0.3 is 9.47 Å². The zero-order valence-electron chi connectivity index (χ0n) is 17.4. The zero-order chi connectivity index (χ0) is 21.5. The van der Waals surface area contributed by atoms with Crippen LogP contribution in [0.3, 0.4) is 0 Å². The van der Waals surface area contributed by atoms with Crippen molar-refractivity contribution in [3.8, 4) is 11.5 Å². The second-order valence-electron chi connectivity index (χ2n) is 7.98. The molecule has 2 aliphatic heterocycles. The first-order chi connectivity index (χ1) is 15.0. The van der Waals surface area contributed by atoms with Gasteiger partial charge in [0.2, 0.25) is 5.78 Å². The molecule has 1 aromatic heterocycles. The van der Waals surface area contributed by atoms with Gasteiger partial charge in [0.15, 0.2) is 5.76 Å². The lowest BCUT2D eigenvalue weighted by Crippen LogP contribution is -2.34. The van der Waals surface area contributed by atoms with Crippen LogP contribution < -0.4 is 9.47 Å². The fourth-order valence-corrected chi connectivity index (χ4v) is 4.88. The van der Waals surface area contributed by atoms with Gasteiger partial charge in [0.1, 0.15) is 24.0 Å². The summed E-state index contributed by atoms with van der Waals surface area (Å²) in [5, 5.41) is 2.01. The smallest absolute Gasteiger partial charge is 0.232 e. The maximum Gasteiger partial charge on any atom is 0.232 e. The predicted octanol–water partition coefficient (Wildman–Crippen LogP) is 5.51. The van der Waals surface area contributed by atoms with E-state index in [1.807, 2.05) is 49.6 Å². The summed E-state index contributed by atoms with van der Waals surface area (Å²) >= 11 is 1.59. The first kappa shape index (κ1) is 20.0. The van der Waals surface area contributed by atoms with Crippen LogP contribution in [0.25, 0.3) is 6.08 Å². The van der Waals surface area contributed by atoms with Gasteiger partial charge in [0.25, 0.3) is 0 Å². The molecule has 0 unspecified atom stereocenters. The molecule has 2 aromatic carbocycles. The summed E-state index contributed by atoms with van der Waals surface area (Å²) in [5.74, 6) is 1.45. The third kappa shape index (κ3) is 3.77. The number of hydrogen-bond donors (Lipinski definition) is 0. The van der Waals surface area contributed by atoms with Crippen LogP contribution in [0.5, 0.6) is 11.5 Å². The summed E-state index contributed by atoms with van der Waals surface area (Å²) in [7, 11) is 0. The number of carbonyl (C=O) groups is 1. The van der Waals surface area contributed by atoms with Crippen molar-refractivity contribution in [2.45, 2.75) is 26.8 Å². The van der Waals surface area contributed by atoms with E-state index in [0.717, 1.165) is 45.8 Å². The molecule has 0 fully saturated rings. The van der Waals surface area contributed by atoms with Crippen molar-refractivity contribution in [3.05, 3.63) is 86.0 Å². The molecule has 0 aliphatic carbocycles. The standard InChI is InChI=1S/C25H22FNO3S/c1-15-8-10-31-22(15)12-21-23(28)20-11-18-13-27(9-7-17-3-5-19(26)6-4-17)14-29-24(18)16(2)25(20)30-21/h3-6,8,10-12H,7,9,13-14H2,1-2H3/b21-12-. The second-order valence-corrected chi connectivity index (χ2v) is 8.92. The van der Waals surface area contributed by atoms with Crippen LogP contribution in [-0.4, -0.2) is 24.0 Å². The number of nitrogens with zero attached hydrogens (tertiary/aromatic N) is 1. The Labute approximate surface area is 184 Å². The summed E-state index contributed by atoms with van der Waals surface area (Å²) < 4.78 is 25.1. The molecule has 0 N–H and O–H groups in total. The Bertz CT molecular complexity index is 1200. The summed E-state index contributed by atoms with van der Waals surface area (Å²) in [6.07, 6.45) is 2.63. The number of thiophene rings is 1. The second kappa shape index (κ2) is 7.94. The van der Waals surface area contributed by atoms with Crippen LogP contribution in [0.1, 0.15) is 37.5 Å². The van der Waals surface area contributed by atoms with Gasteiger partial charge in [-0.1, -0.05) is 12.1 Å². The Morgan fingerprint density at radius 1 is 1.16 bits per heavy atom. The molecule has 6 heteroatoms. The van der Waals surface area contributed by atoms with Crippen molar-refractivity contribution < 1.29 is 18.7 Å². The van der Waals surface area contributed by atoms with E-state index in [0.29, 0.717) is 30.3 Å². The van der Waals surface area contributed by atoms with E-state index in [1.54, 1.807) is 11.3 Å². The van der Waals surface area contributed by atoms with E-state index in [2.05, 4.69) is 4.90 Å². The van der Waals surface area contributed by atoms with E-state index in [-0.39, 0.29) is 11.6 Å². The van der Waals surface area contributed by atoms with Gasteiger partial charge in [-0.3, -0.25) is 9.69 Å². The Morgan fingerprint density at radius 3 is 2.71 bits per heavy atom. The highest BCUT2D eigenvalue weighted by molar-refractivity contribution is 7.11. The van der Waals surface area contributed by atoms with Crippen molar-refractivity contribution in [1.82, 2.24) is 4.90 Å². The van der Waals surface area contributed by atoms with Gasteiger partial charge in [0.05, 0.1) is 5.56 Å². The number of ketones is 1. The molecule has 4 nitrogen and oxygen atoms in total. The quantitative estimate of drug-likeness (QED) is 0.506. The van der Waals surface area contributed by atoms with E-state index in [1.165, 1.54) is 12.1 Å². The number of carbonyl (C=O) groups excluding carboxylic acids is 1. The number of halogens is 1. The fourth-order valence-electron chi connectivity index (χ4n) is 4.03. The molecule has 0 bridgehead atoms. The van der Waals surface area contributed by atoms with E-state index < -0.39 is 0 Å². The molecule has 0 saturated carbocycles. The van der Waals surface area contributed by atoms with Gasteiger partial charge in [-0.2, -0.15) is 0 Å². The first-order valence-electron chi connectivity index (χ1n) is 10.2. The number of fused-ring (bicyclic) bond motifs is 2. The van der Waals surface area contributed by atoms with Crippen LogP contribution in [0.2, 0.25) is 0 Å². The van der Waals surface area contributed by atoms with E-state index in [4.69, 9.17) is 9.47 Å². The molecule has 3 aromatic rings. The highest BCUT2D eigenvalue weighted by Gasteiger charge is 2.33. The normalized spacial score (nSPS) is 16.7. The molecule has 0 radical (unpaired) electrons. The molecule has 3 heterocycles. The van der Waals surface area contributed by atoms with Gasteiger partial charge in [-0.15, -0.1) is 11.3 Å². The highest BCUT2D eigenvalue weighted by atomic mass is 32.1. The van der Waals surface area contributed by atoms with Crippen molar-refractivity contribution in [2.24, 2.45) is 0 Å². The molecule has 2 aliphatic rings. The van der Waals surface area contributed by atoms with Crippen LogP contribution in [0.4, 0.5) is 4.39 Å². The molecule has 5 rings (SSSR count). The largest absolute Gasteiger partial charge is 0.477 e. The first-order valence-corrected chi connectivity index (χ1v) is 11.1. The average molecular weight is 436 g/mol. The van der Waals surface area contributed by atoms with E-state index >= 15 is 0 Å². The highest BCUT2D eigenvalue weighted by Crippen LogP contribution is 2.43. The van der Waals surface area contributed by atoms with Crippen molar-refractivity contribution >= 4 is 23.2 Å². The monoisotopic (exact) mass is 435 g/mol. The number of rotatable bonds is 4. The predicted molar refractivity (Wildman–Crippen MR) is 119 cm³/mol. The zero-order valence-corrected chi connectivity index (χ0v) is 18.2.